The topological polar surface area (TPSA) is 83.5 Å². The van der Waals surface area contributed by atoms with Gasteiger partial charge in [-0.3, -0.25) is 14.6 Å². The van der Waals surface area contributed by atoms with Gasteiger partial charge in [-0.25, -0.2) is 4.98 Å². The molecule has 2 aliphatic heterocycles. The maximum Gasteiger partial charge on any atom is 0.270 e. The van der Waals surface area contributed by atoms with Crippen molar-refractivity contribution in [3.63, 3.8) is 0 Å². The van der Waals surface area contributed by atoms with E-state index in [9.17, 15) is 9.59 Å². The zero-order valence-electron chi connectivity index (χ0n) is 16.8. The summed E-state index contributed by atoms with van der Waals surface area (Å²) in [5.74, 6) is 0.749. The van der Waals surface area contributed by atoms with Crippen molar-refractivity contribution < 1.29 is 9.53 Å². The van der Waals surface area contributed by atoms with Gasteiger partial charge < -0.3 is 19.1 Å². The first kappa shape index (κ1) is 18.4. The van der Waals surface area contributed by atoms with Gasteiger partial charge in [-0.15, -0.1) is 0 Å². The largest absolute Gasteiger partial charge is 0.378 e. The zero-order chi connectivity index (χ0) is 20.0. The van der Waals surface area contributed by atoms with Gasteiger partial charge in [-0.1, -0.05) is 0 Å². The first-order chi connectivity index (χ1) is 14.1. The number of aryl methyl sites for hydroxylation is 1. The van der Waals surface area contributed by atoms with E-state index in [1.54, 1.807) is 0 Å². The Morgan fingerprint density at radius 1 is 1.17 bits per heavy atom. The Morgan fingerprint density at radius 2 is 1.93 bits per heavy atom. The minimum absolute atomic E-state index is 0.00400. The first-order valence-corrected chi connectivity index (χ1v) is 10.4. The van der Waals surface area contributed by atoms with Crippen LogP contribution in [0.3, 0.4) is 0 Å². The average molecular weight is 397 g/mol. The van der Waals surface area contributed by atoms with Crippen LogP contribution in [0.4, 0.5) is 5.95 Å². The Kier molecular flexibility index (Phi) is 4.46. The van der Waals surface area contributed by atoms with Crippen LogP contribution in [0.25, 0.3) is 0 Å². The molecule has 2 fully saturated rings. The van der Waals surface area contributed by atoms with Crippen LogP contribution < -0.4 is 10.5 Å². The molecule has 8 nitrogen and oxygen atoms in total. The molecular formula is C21H27N5O3. The van der Waals surface area contributed by atoms with Gasteiger partial charge in [0.25, 0.3) is 11.5 Å². The molecule has 5 rings (SSSR count). The summed E-state index contributed by atoms with van der Waals surface area (Å²) in [6.45, 7) is 4.20. The second-order valence-corrected chi connectivity index (χ2v) is 8.39. The van der Waals surface area contributed by atoms with Crippen LogP contribution in [0, 0.1) is 0 Å². The average Bonchev–Trinajstić information content (AvgIpc) is 3.33. The summed E-state index contributed by atoms with van der Waals surface area (Å²) in [7, 11) is 1.90. The fraction of sp³-hybridized carbons (Fsp3) is 0.571. The number of carbonyl (C=O) groups excluding carboxylic acids is 1. The third-order valence-corrected chi connectivity index (χ3v) is 6.84. The fourth-order valence-electron chi connectivity index (χ4n) is 5.03. The van der Waals surface area contributed by atoms with E-state index in [-0.39, 0.29) is 16.9 Å². The van der Waals surface area contributed by atoms with Crippen LogP contribution in [-0.2, 0) is 23.6 Å². The van der Waals surface area contributed by atoms with Crippen molar-refractivity contribution in [2.75, 3.05) is 44.3 Å². The smallest absolute Gasteiger partial charge is 0.270 e. The van der Waals surface area contributed by atoms with Crippen LogP contribution in [-0.4, -0.2) is 64.7 Å². The number of nitrogens with zero attached hydrogens (tertiary/aromatic N) is 4. The molecule has 0 atom stereocenters. The molecule has 0 radical (unpaired) electrons. The number of H-pyrrole nitrogens is 1. The predicted molar refractivity (Wildman–Crippen MR) is 108 cm³/mol. The normalized spacial score (nSPS) is 20.9. The van der Waals surface area contributed by atoms with Gasteiger partial charge in [-0.05, 0) is 37.8 Å². The van der Waals surface area contributed by atoms with E-state index in [0.717, 1.165) is 55.7 Å². The lowest BCUT2D eigenvalue weighted by atomic mass is 9.76. The molecule has 0 saturated carbocycles. The summed E-state index contributed by atoms with van der Waals surface area (Å²) < 4.78 is 7.29. The fourth-order valence-corrected chi connectivity index (χ4v) is 5.03. The lowest BCUT2D eigenvalue weighted by Gasteiger charge is -2.39. The van der Waals surface area contributed by atoms with E-state index < -0.39 is 0 Å². The number of carbonyl (C=O) groups is 1. The van der Waals surface area contributed by atoms with E-state index in [2.05, 4.69) is 9.88 Å². The van der Waals surface area contributed by atoms with Crippen LogP contribution in [0.1, 0.15) is 41.0 Å². The van der Waals surface area contributed by atoms with Gasteiger partial charge in [0, 0.05) is 50.4 Å². The molecule has 3 aliphatic rings. The van der Waals surface area contributed by atoms with Gasteiger partial charge in [0.2, 0.25) is 5.95 Å². The summed E-state index contributed by atoms with van der Waals surface area (Å²) in [6, 6.07) is 3.77. The van der Waals surface area contributed by atoms with Gasteiger partial charge in [0.05, 0.1) is 18.9 Å². The second kappa shape index (κ2) is 7.02. The molecule has 2 saturated heterocycles. The molecule has 1 aliphatic carbocycles. The summed E-state index contributed by atoms with van der Waals surface area (Å²) in [4.78, 5) is 37.6. The Labute approximate surface area is 169 Å². The highest BCUT2D eigenvalue weighted by molar-refractivity contribution is 5.92. The number of likely N-dealkylation sites (tertiary alicyclic amines) is 1. The molecule has 0 unspecified atom stereocenters. The monoisotopic (exact) mass is 397 g/mol. The van der Waals surface area contributed by atoms with Crippen LogP contribution in [0.15, 0.2) is 23.1 Å². The molecule has 2 aromatic rings. The molecule has 0 aromatic carbocycles. The van der Waals surface area contributed by atoms with E-state index in [1.165, 1.54) is 0 Å². The van der Waals surface area contributed by atoms with Crippen LogP contribution >= 0.6 is 0 Å². The van der Waals surface area contributed by atoms with Crippen LogP contribution in [0.5, 0.6) is 0 Å². The van der Waals surface area contributed by atoms with Crippen molar-refractivity contribution in [3.8, 4) is 0 Å². The number of amides is 1. The standard InChI is InChI=1S/C21H27N5O3/c1-24-8-2-3-16(24)19(28)25-9-6-21(7-10-25)5-4-15-17(21)22-20(23-18(15)27)26-11-13-29-14-12-26/h2-3,8H,4-7,9-14H2,1H3,(H,22,23,27). The van der Waals surface area contributed by atoms with Crippen molar-refractivity contribution in [3.05, 3.63) is 45.6 Å². The Balaban J connectivity index is 1.39. The number of rotatable bonds is 2. The summed E-state index contributed by atoms with van der Waals surface area (Å²) in [5, 5.41) is 0. The maximum absolute atomic E-state index is 12.9. The number of aromatic amines is 1. The lowest BCUT2D eigenvalue weighted by Crippen LogP contribution is -2.45. The summed E-state index contributed by atoms with van der Waals surface area (Å²) in [5.41, 5.74) is 2.43. The Hall–Kier alpha value is -2.61. The third-order valence-electron chi connectivity index (χ3n) is 6.84. The lowest BCUT2D eigenvalue weighted by molar-refractivity contribution is 0.0654. The third kappa shape index (κ3) is 3.06. The van der Waals surface area contributed by atoms with Gasteiger partial charge in [-0.2, -0.15) is 0 Å². The van der Waals surface area contributed by atoms with E-state index in [4.69, 9.17) is 9.72 Å². The molecule has 8 heteroatoms. The Morgan fingerprint density at radius 3 is 2.62 bits per heavy atom. The molecule has 29 heavy (non-hydrogen) atoms. The molecule has 1 spiro atoms. The number of piperidine rings is 1. The number of morpholine rings is 1. The molecular weight excluding hydrogens is 370 g/mol. The highest BCUT2D eigenvalue weighted by Crippen LogP contribution is 2.44. The highest BCUT2D eigenvalue weighted by atomic mass is 16.5. The molecule has 1 amide bonds. The van der Waals surface area contributed by atoms with Crippen molar-refractivity contribution in [1.29, 1.82) is 0 Å². The van der Waals surface area contributed by atoms with Crippen LogP contribution in [0.2, 0.25) is 0 Å². The number of hydrogen-bond acceptors (Lipinski definition) is 5. The zero-order valence-corrected chi connectivity index (χ0v) is 16.8. The molecule has 154 valence electrons. The van der Waals surface area contributed by atoms with Gasteiger partial charge >= 0.3 is 0 Å². The highest BCUT2D eigenvalue weighted by Gasteiger charge is 2.45. The quantitative estimate of drug-likeness (QED) is 0.820. The first-order valence-electron chi connectivity index (χ1n) is 10.4. The van der Waals surface area contributed by atoms with Gasteiger partial charge in [0.1, 0.15) is 5.69 Å². The number of hydrogen-bond donors (Lipinski definition) is 1. The molecule has 4 heterocycles. The van der Waals surface area contributed by atoms with E-state index >= 15 is 0 Å². The summed E-state index contributed by atoms with van der Waals surface area (Å²) >= 11 is 0. The van der Waals surface area contributed by atoms with Gasteiger partial charge in [0.15, 0.2) is 0 Å². The number of nitrogens with one attached hydrogen (secondary N) is 1. The molecule has 0 bridgehead atoms. The van der Waals surface area contributed by atoms with Crippen molar-refractivity contribution in [2.45, 2.75) is 31.1 Å². The SMILES string of the molecule is Cn1cccc1C(=O)N1CCC2(CCc3c2nc(N2CCOCC2)[nH]c3=O)CC1. The summed E-state index contributed by atoms with van der Waals surface area (Å²) in [6.07, 6.45) is 5.32. The second-order valence-electron chi connectivity index (χ2n) is 8.39. The molecule has 1 N–H and O–H groups in total. The Bertz CT molecular complexity index is 980. The molecule has 2 aromatic heterocycles. The number of ether oxygens (including phenoxy) is 1. The number of fused-ring (bicyclic) bond motifs is 2. The minimum atomic E-state index is -0.0877. The maximum atomic E-state index is 12.9. The van der Waals surface area contributed by atoms with Crippen molar-refractivity contribution in [1.82, 2.24) is 19.4 Å². The van der Waals surface area contributed by atoms with E-state index in [1.807, 2.05) is 34.8 Å². The van der Waals surface area contributed by atoms with Crippen molar-refractivity contribution >= 4 is 11.9 Å². The number of aromatic nitrogens is 3. The van der Waals surface area contributed by atoms with Crippen molar-refractivity contribution in [2.24, 2.45) is 7.05 Å². The minimum Gasteiger partial charge on any atom is -0.378 e. The van der Waals surface area contributed by atoms with E-state index in [0.29, 0.717) is 32.3 Å². The number of anilines is 1. The predicted octanol–water partition coefficient (Wildman–Crippen LogP) is 1.07.